The van der Waals surface area contributed by atoms with Crippen molar-refractivity contribution >= 4 is 98.8 Å². The number of aliphatic carboxylic acids is 2. The number of hydrogen-bond donors (Lipinski definition) is 2. The average molecular weight is 937 g/mol. The SMILES string of the molecule is O=C(O)/C(=C/c1ccc2c(c1)C1CCCC1N2c1ccc2ccc3c(N4c5ccc(/C=C(\C(=O)O)S(=O)(=O)c6ccccc6)cc5C5CCCC54)ccc4ccc1c2c43)S(=O)(=O)c1ccccc1. The van der Waals surface area contributed by atoms with Crippen molar-refractivity contribution in [3.8, 4) is 0 Å². The number of nitrogens with zero attached hydrogens (tertiary/aromatic N) is 2. The Hall–Kier alpha value is -7.28. The molecule has 2 N–H and O–H groups in total. The molecule has 2 fully saturated rings. The Morgan fingerprint density at radius 2 is 0.853 bits per heavy atom. The van der Waals surface area contributed by atoms with Crippen molar-refractivity contribution < 1.29 is 36.6 Å². The van der Waals surface area contributed by atoms with Crippen molar-refractivity contribution in [3.05, 3.63) is 178 Å². The molecule has 4 atom stereocenters. The van der Waals surface area contributed by atoms with Crippen molar-refractivity contribution in [2.75, 3.05) is 9.80 Å². The lowest BCUT2D eigenvalue weighted by Gasteiger charge is -2.31. The van der Waals surface area contributed by atoms with E-state index in [2.05, 4.69) is 58.3 Å². The van der Waals surface area contributed by atoms with Crippen LogP contribution in [0.4, 0.5) is 22.7 Å². The maximum absolute atomic E-state index is 13.5. The summed E-state index contributed by atoms with van der Waals surface area (Å²) in [4.78, 5) is 28.4. The van der Waals surface area contributed by atoms with E-state index in [0.717, 1.165) is 93.9 Å². The second kappa shape index (κ2) is 15.6. The summed E-state index contributed by atoms with van der Waals surface area (Å²) >= 11 is 0. The number of rotatable bonds is 10. The molecule has 2 saturated carbocycles. The van der Waals surface area contributed by atoms with E-state index in [0.29, 0.717) is 11.1 Å². The van der Waals surface area contributed by atoms with Crippen LogP contribution in [0.1, 0.15) is 72.6 Å². The van der Waals surface area contributed by atoms with Crippen molar-refractivity contribution in [1.29, 1.82) is 0 Å². The molecular weight excluding hydrogens is 893 g/mol. The molecule has 0 aromatic heterocycles. The number of fused-ring (bicyclic) bond motifs is 6. The zero-order valence-electron chi connectivity index (χ0n) is 36.6. The summed E-state index contributed by atoms with van der Waals surface area (Å²) < 4.78 is 54.1. The fourth-order valence-electron chi connectivity index (χ4n) is 12.0. The number of anilines is 4. The lowest BCUT2D eigenvalue weighted by Crippen LogP contribution is -2.27. The molecule has 2 aliphatic heterocycles. The van der Waals surface area contributed by atoms with Gasteiger partial charge in [0.15, 0.2) is 9.81 Å². The molecule has 0 amide bonds. The molecule has 10 nitrogen and oxygen atoms in total. The van der Waals surface area contributed by atoms with Gasteiger partial charge in [0.05, 0.1) is 9.79 Å². The third-order valence-corrected chi connectivity index (χ3v) is 18.4. The summed E-state index contributed by atoms with van der Waals surface area (Å²) in [7, 11) is -8.55. The first kappa shape index (κ1) is 42.1. The van der Waals surface area contributed by atoms with Gasteiger partial charge in [0, 0.05) is 57.4 Å². The van der Waals surface area contributed by atoms with E-state index in [4.69, 9.17) is 0 Å². The van der Waals surface area contributed by atoms with Gasteiger partial charge in [-0.25, -0.2) is 26.4 Å². The predicted molar refractivity (Wildman–Crippen MR) is 267 cm³/mol. The zero-order chi connectivity index (χ0) is 46.6. The second-order valence-corrected chi connectivity index (χ2v) is 22.3. The summed E-state index contributed by atoms with van der Waals surface area (Å²) in [5, 5.41) is 27.1. The molecule has 2 aliphatic carbocycles. The number of benzene rings is 8. The Bertz CT molecular complexity index is 3480. The first-order chi connectivity index (χ1) is 32.9. The Balaban J connectivity index is 0.950. The second-order valence-electron chi connectivity index (χ2n) is 18.4. The van der Waals surface area contributed by atoms with Gasteiger partial charge in [-0.1, -0.05) is 97.8 Å². The molecular formula is C56H44N2O8S2. The minimum absolute atomic E-state index is 0.0678. The van der Waals surface area contributed by atoms with Crippen molar-refractivity contribution in [2.24, 2.45) is 0 Å². The monoisotopic (exact) mass is 936 g/mol. The predicted octanol–water partition coefficient (Wildman–Crippen LogP) is 12.0. The van der Waals surface area contributed by atoms with Crippen LogP contribution in [-0.2, 0) is 29.3 Å². The van der Waals surface area contributed by atoms with Crippen LogP contribution < -0.4 is 9.80 Å². The van der Waals surface area contributed by atoms with E-state index in [1.165, 1.54) is 47.2 Å². The molecule has 0 bridgehead atoms. The molecule has 0 radical (unpaired) electrons. The van der Waals surface area contributed by atoms with Gasteiger partial charge in [0.2, 0.25) is 19.7 Å². The highest BCUT2D eigenvalue weighted by atomic mass is 32.2. The van der Waals surface area contributed by atoms with Crippen LogP contribution in [-0.4, -0.2) is 51.1 Å². The van der Waals surface area contributed by atoms with Crippen LogP contribution in [0.5, 0.6) is 0 Å². The van der Waals surface area contributed by atoms with E-state index >= 15 is 0 Å². The highest BCUT2D eigenvalue weighted by Crippen LogP contribution is 2.57. The van der Waals surface area contributed by atoms with Gasteiger partial charge in [-0.2, -0.15) is 0 Å². The summed E-state index contributed by atoms with van der Waals surface area (Å²) in [5.41, 5.74) is 7.49. The lowest BCUT2D eigenvalue weighted by atomic mass is 9.91. The molecule has 8 aromatic rings. The van der Waals surface area contributed by atoms with Crippen LogP contribution in [0.3, 0.4) is 0 Å². The maximum Gasteiger partial charge on any atom is 0.347 e. The molecule has 4 unspecified atom stereocenters. The van der Waals surface area contributed by atoms with E-state index in [9.17, 15) is 36.6 Å². The van der Waals surface area contributed by atoms with Crippen molar-refractivity contribution in [2.45, 2.75) is 72.2 Å². The van der Waals surface area contributed by atoms with Gasteiger partial charge in [-0.05, 0) is 142 Å². The quantitative estimate of drug-likeness (QED) is 0.100. The highest BCUT2D eigenvalue weighted by Gasteiger charge is 2.44. The topological polar surface area (TPSA) is 149 Å². The van der Waals surface area contributed by atoms with Gasteiger partial charge < -0.3 is 20.0 Å². The van der Waals surface area contributed by atoms with Crippen LogP contribution in [0.25, 0.3) is 44.5 Å². The van der Waals surface area contributed by atoms with E-state index in [-0.39, 0.29) is 33.7 Å². The summed E-state index contributed by atoms with van der Waals surface area (Å²) in [6.07, 6.45) is 8.53. The van der Waals surface area contributed by atoms with Gasteiger partial charge in [-0.3, -0.25) is 0 Å². The molecule has 338 valence electrons. The largest absolute Gasteiger partial charge is 0.477 e. The number of sulfone groups is 2. The van der Waals surface area contributed by atoms with Crippen LogP contribution in [0, 0.1) is 0 Å². The maximum atomic E-state index is 13.5. The standard InChI is InChI=1S/C56H44N2O8S2/c59-55(60)51(67(63,64)37-9-3-1-4-10-37)31-33-17-25-49-43(29-33)39-13-7-15-45(39)57(49)47-27-21-35-20-24-42-48(28-22-36-19-23-41(47)53(35)54(36)42)58-46-16-8-14-40(46)44-30-34(18-26-50(44)58)32-52(56(61)62)68(65,66)38-11-5-2-6-12-38/h1-6,9-12,17-32,39-40,45-46H,7-8,13-16H2,(H,59,60)(H,61,62)/b51-31-,52-32+. The normalized spacial score (nSPS) is 20.3. The fourth-order valence-corrected chi connectivity index (χ4v) is 14.6. The van der Waals surface area contributed by atoms with Crippen LogP contribution in [0.2, 0.25) is 0 Å². The number of hydrogen-bond acceptors (Lipinski definition) is 8. The van der Waals surface area contributed by atoms with Crippen LogP contribution >= 0.6 is 0 Å². The van der Waals surface area contributed by atoms with E-state index in [1.54, 1.807) is 36.4 Å². The molecule has 12 rings (SSSR count). The minimum Gasteiger partial charge on any atom is -0.477 e. The Labute approximate surface area is 393 Å². The van der Waals surface area contributed by atoms with Gasteiger partial charge in [0.1, 0.15) is 0 Å². The molecule has 0 spiro atoms. The summed E-state index contributed by atoms with van der Waals surface area (Å²) in [6.45, 7) is 0. The van der Waals surface area contributed by atoms with Crippen LogP contribution in [0.15, 0.2) is 165 Å². The number of carboxylic acids is 2. The zero-order valence-corrected chi connectivity index (χ0v) is 38.3. The highest BCUT2D eigenvalue weighted by molar-refractivity contribution is 7.96. The summed E-state index contributed by atoms with van der Waals surface area (Å²) in [5.74, 6) is -2.62. The Morgan fingerprint density at radius 3 is 1.25 bits per heavy atom. The molecule has 8 aromatic carbocycles. The number of carbonyl (C=O) groups is 2. The molecule has 2 heterocycles. The van der Waals surface area contributed by atoms with Gasteiger partial charge in [0.25, 0.3) is 0 Å². The molecule has 0 saturated heterocycles. The third-order valence-electron chi connectivity index (χ3n) is 14.9. The number of carboxylic acid groups (broad SMARTS) is 2. The molecule has 4 aliphatic rings. The van der Waals surface area contributed by atoms with Crippen molar-refractivity contribution in [1.82, 2.24) is 0 Å². The van der Waals surface area contributed by atoms with E-state index in [1.807, 2.05) is 36.4 Å². The summed E-state index contributed by atoms with van der Waals surface area (Å²) in [6, 6.07) is 45.0. The van der Waals surface area contributed by atoms with Crippen molar-refractivity contribution in [3.63, 3.8) is 0 Å². The lowest BCUT2D eigenvalue weighted by molar-refractivity contribution is -0.132. The molecule has 12 heteroatoms. The fraction of sp³-hybridized carbons (Fsp3) is 0.179. The smallest absolute Gasteiger partial charge is 0.347 e. The van der Waals surface area contributed by atoms with Gasteiger partial charge in [-0.15, -0.1) is 0 Å². The minimum atomic E-state index is -4.27. The average Bonchev–Trinajstić information content (AvgIpc) is 4.15. The Morgan fingerprint density at radius 1 is 0.471 bits per heavy atom. The first-order valence-electron chi connectivity index (χ1n) is 23.0. The van der Waals surface area contributed by atoms with Gasteiger partial charge >= 0.3 is 11.9 Å². The third kappa shape index (κ3) is 6.41. The first-order valence-corrected chi connectivity index (χ1v) is 25.9. The van der Waals surface area contributed by atoms with E-state index < -0.39 is 41.4 Å². The Kier molecular flexibility index (Phi) is 9.69. The molecule has 68 heavy (non-hydrogen) atoms.